The van der Waals surface area contributed by atoms with Crippen molar-refractivity contribution in [2.24, 2.45) is 0 Å². The number of nitrogens with zero attached hydrogens (tertiary/aromatic N) is 2. The average molecular weight is 591 g/mol. The summed E-state index contributed by atoms with van der Waals surface area (Å²) in [5, 5.41) is 5.44. The predicted octanol–water partition coefficient (Wildman–Crippen LogP) is 2.43. The van der Waals surface area contributed by atoms with Gasteiger partial charge in [-0.05, 0) is 29.8 Å². The molecule has 0 bridgehead atoms. The Morgan fingerprint density at radius 1 is 1.00 bits per heavy atom. The SMILES string of the molecule is CN(CCOc1ccccc1F)C(=O)[C@@H]1CC(=O)N[C@H](Cc2ccccc2)C(=O)N(C)CCOc2ccccc2C(=O)N1. The summed E-state index contributed by atoms with van der Waals surface area (Å²) >= 11 is 0. The van der Waals surface area contributed by atoms with Crippen LogP contribution in [0.15, 0.2) is 78.9 Å². The highest BCUT2D eigenvalue weighted by molar-refractivity contribution is 6.01. The van der Waals surface area contributed by atoms with Crippen molar-refractivity contribution in [3.05, 3.63) is 95.8 Å². The number of hydrogen-bond donors (Lipinski definition) is 2. The van der Waals surface area contributed by atoms with Crippen LogP contribution in [0.5, 0.6) is 11.5 Å². The fourth-order valence-corrected chi connectivity index (χ4v) is 4.60. The van der Waals surface area contributed by atoms with E-state index < -0.39 is 42.0 Å². The lowest BCUT2D eigenvalue weighted by molar-refractivity contribution is -0.137. The first kappa shape index (κ1) is 31.0. The van der Waals surface area contributed by atoms with Gasteiger partial charge in [-0.3, -0.25) is 19.2 Å². The fourth-order valence-electron chi connectivity index (χ4n) is 4.60. The summed E-state index contributed by atoms with van der Waals surface area (Å²) in [6.45, 7) is 0.357. The molecular formula is C32H35FN4O6. The highest BCUT2D eigenvalue weighted by Crippen LogP contribution is 2.19. The molecule has 0 spiro atoms. The standard InChI is InChI=1S/C32H35FN4O6/c1-36-16-18-42-27-14-8-6-12-23(27)30(39)35-26(32(41)37(2)17-19-43-28-15-9-7-13-24(28)33)21-29(38)34-25(31(36)40)20-22-10-4-3-5-11-22/h3-15,25-26H,16-21H2,1-2H3,(H,34,38)(H,35,39)/t25-,26+/m1/s1. The molecule has 0 saturated carbocycles. The molecule has 10 nitrogen and oxygen atoms in total. The van der Waals surface area contributed by atoms with Gasteiger partial charge in [0.05, 0.1) is 25.1 Å². The van der Waals surface area contributed by atoms with E-state index in [2.05, 4.69) is 10.6 Å². The first-order valence-electron chi connectivity index (χ1n) is 14.0. The van der Waals surface area contributed by atoms with E-state index in [0.717, 1.165) is 5.56 Å². The van der Waals surface area contributed by atoms with Crippen LogP contribution in [0, 0.1) is 5.82 Å². The molecule has 2 atom stereocenters. The van der Waals surface area contributed by atoms with Crippen LogP contribution in [-0.4, -0.2) is 85.9 Å². The van der Waals surface area contributed by atoms with E-state index in [1.165, 1.54) is 35.0 Å². The van der Waals surface area contributed by atoms with Gasteiger partial charge in [-0.2, -0.15) is 0 Å². The van der Waals surface area contributed by atoms with Crippen LogP contribution >= 0.6 is 0 Å². The molecule has 226 valence electrons. The predicted molar refractivity (Wildman–Crippen MR) is 157 cm³/mol. The summed E-state index contributed by atoms with van der Waals surface area (Å²) in [5.41, 5.74) is 1.02. The molecule has 1 aliphatic rings. The maximum absolute atomic E-state index is 13.9. The number of rotatable bonds is 7. The number of benzene rings is 3. The van der Waals surface area contributed by atoms with Gasteiger partial charge >= 0.3 is 0 Å². The molecule has 0 unspecified atom stereocenters. The number of para-hydroxylation sites is 2. The molecule has 43 heavy (non-hydrogen) atoms. The first-order chi connectivity index (χ1) is 20.7. The molecule has 0 aromatic heterocycles. The lowest BCUT2D eigenvalue weighted by Crippen LogP contribution is -2.53. The van der Waals surface area contributed by atoms with Gasteiger partial charge in [-0.15, -0.1) is 0 Å². The van der Waals surface area contributed by atoms with Gasteiger partial charge in [0, 0.05) is 20.5 Å². The van der Waals surface area contributed by atoms with E-state index in [-0.39, 0.29) is 55.7 Å². The smallest absolute Gasteiger partial charge is 0.255 e. The van der Waals surface area contributed by atoms with Crippen LogP contribution in [0.1, 0.15) is 22.3 Å². The Hall–Kier alpha value is -4.93. The third kappa shape index (κ3) is 8.54. The number of nitrogens with one attached hydrogen (secondary N) is 2. The van der Waals surface area contributed by atoms with Crippen molar-refractivity contribution in [2.45, 2.75) is 24.9 Å². The Labute approximate surface area is 249 Å². The molecule has 3 aromatic carbocycles. The monoisotopic (exact) mass is 590 g/mol. The topological polar surface area (TPSA) is 117 Å². The van der Waals surface area contributed by atoms with Crippen molar-refractivity contribution in [1.29, 1.82) is 0 Å². The van der Waals surface area contributed by atoms with Gasteiger partial charge in [0.25, 0.3) is 5.91 Å². The zero-order valence-electron chi connectivity index (χ0n) is 24.1. The third-order valence-electron chi connectivity index (χ3n) is 7.00. The molecule has 0 fully saturated rings. The number of fused-ring (bicyclic) bond motifs is 1. The van der Waals surface area contributed by atoms with Gasteiger partial charge in [-0.25, -0.2) is 4.39 Å². The summed E-state index contributed by atoms with van der Waals surface area (Å²) in [6, 6.07) is 19.5. The number of ether oxygens (including phenoxy) is 2. The maximum Gasteiger partial charge on any atom is 0.255 e. The summed E-state index contributed by atoms with van der Waals surface area (Å²) in [7, 11) is 3.11. The second kappa shape index (κ2) is 14.8. The summed E-state index contributed by atoms with van der Waals surface area (Å²) in [5.74, 6) is -2.27. The van der Waals surface area contributed by atoms with Crippen LogP contribution < -0.4 is 20.1 Å². The lowest BCUT2D eigenvalue weighted by Gasteiger charge is -2.28. The van der Waals surface area contributed by atoms with Crippen molar-refractivity contribution in [1.82, 2.24) is 20.4 Å². The van der Waals surface area contributed by atoms with E-state index in [1.54, 1.807) is 37.4 Å². The van der Waals surface area contributed by atoms with Gasteiger partial charge in [-0.1, -0.05) is 54.6 Å². The van der Waals surface area contributed by atoms with Crippen LogP contribution in [0.2, 0.25) is 0 Å². The van der Waals surface area contributed by atoms with Crippen LogP contribution in [0.4, 0.5) is 4.39 Å². The van der Waals surface area contributed by atoms with Crippen LogP contribution in [0.3, 0.4) is 0 Å². The molecule has 0 aliphatic carbocycles. The fraction of sp³-hybridized carbons (Fsp3) is 0.312. The minimum atomic E-state index is -1.27. The summed E-state index contributed by atoms with van der Waals surface area (Å²) in [6.07, 6.45) is -0.188. The number of halogens is 1. The summed E-state index contributed by atoms with van der Waals surface area (Å²) < 4.78 is 25.3. The molecule has 1 heterocycles. The molecule has 1 aliphatic heterocycles. The Morgan fingerprint density at radius 3 is 2.47 bits per heavy atom. The van der Waals surface area contributed by atoms with Crippen molar-refractivity contribution in [3.63, 3.8) is 0 Å². The number of hydrogen-bond acceptors (Lipinski definition) is 6. The molecular weight excluding hydrogens is 555 g/mol. The number of likely N-dealkylation sites (N-methyl/N-ethyl adjacent to an activating group) is 2. The Bertz CT molecular complexity index is 1440. The minimum Gasteiger partial charge on any atom is -0.491 e. The molecule has 4 amide bonds. The van der Waals surface area contributed by atoms with E-state index in [1.807, 2.05) is 30.3 Å². The largest absolute Gasteiger partial charge is 0.491 e. The second-order valence-electron chi connectivity index (χ2n) is 10.2. The zero-order chi connectivity index (χ0) is 30.8. The molecule has 3 aromatic rings. The molecule has 11 heteroatoms. The quantitative estimate of drug-likeness (QED) is 0.437. The second-order valence-corrected chi connectivity index (χ2v) is 10.2. The van der Waals surface area contributed by atoms with Crippen molar-refractivity contribution >= 4 is 23.6 Å². The van der Waals surface area contributed by atoms with Gasteiger partial charge in [0.1, 0.15) is 31.0 Å². The zero-order valence-corrected chi connectivity index (χ0v) is 24.1. The van der Waals surface area contributed by atoms with Crippen molar-refractivity contribution in [3.8, 4) is 11.5 Å². The van der Waals surface area contributed by atoms with Crippen molar-refractivity contribution < 1.29 is 33.0 Å². The van der Waals surface area contributed by atoms with E-state index in [9.17, 15) is 23.6 Å². The van der Waals surface area contributed by atoms with E-state index >= 15 is 0 Å². The molecule has 0 saturated heterocycles. The van der Waals surface area contributed by atoms with Crippen LogP contribution in [-0.2, 0) is 20.8 Å². The lowest BCUT2D eigenvalue weighted by atomic mass is 10.0. The van der Waals surface area contributed by atoms with E-state index in [4.69, 9.17) is 9.47 Å². The maximum atomic E-state index is 13.9. The average Bonchev–Trinajstić information content (AvgIpc) is 3.00. The van der Waals surface area contributed by atoms with Crippen LogP contribution in [0.25, 0.3) is 0 Å². The highest BCUT2D eigenvalue weighted by atomic mass is 19.1. The molecule has 0 radical (unpaired) electrons. The highest BCUT2D eigenvalue weighted by Gasteiger charge is 2.31. The third-order valence-corrected chi connectivity index (χ3v) is 7.00. The number of amides is 4. The van der Waals surface area contributed by atoms with Gasteiger partial charge < -0.3 is 29.9 Å². The van der Waals surface area contributed by atoms with Gasteiger partial charge in [0.15, 0.2) is 11.6 Å². The number of carbonyl (C=O) groups is 4. The minimum absolute atomic E-state index is 0.0211. The first-order valence-corrected chi connectivity index (χ1v) is 14.0. The summed E-state index contributed by atoms with van der Waals surface area (Å²) in [4.78, 5) is 56.4. The molecule has 2 N–H and O–H groups in total. The normalized spacial score (nSPS) is 17.9. The van der Waals surface area contributed by atoms with Gasteiger partial charge in [0.2, 0.25) is 17.7 Å². The Balaban J connectivity index is 1.55. The van der Waals surface area contributed by atoms with E-state index in [0.29, 0.717) is 0 Å². The van der Waals surface area contributed by atoms with Crippen molar-refractivity contribution in [2.75, 3.05) is 40.4 Å². The Morgan fingerprint density at radius 2 is 1.70 bits per heavy atom. The number of carbonyl (C=O) groups excluding carboxylic acids is 4. The molecule has 4 rings (SSSR count). The Kier molecular flexibility index (Phi) is 10.7.